The van der Waals surface area contributed by atoms with Crippen molar-refractivity contribution in [1.29, 1.82) is 0 Å². The Labute approximate surface area is 131 Å². The van der Waals surface area contributed by atoms with Gasteiger partial charge in [-0.25, -0.2) is 9.37 Å². The molecular weight excluding hydrogens is 311 g/mol. The molecule has 110 valence electrons. The van der Waals surface area contributed by atoms with E-state index in [2.05, 4.69) is 4.98 Å². The molecule has 1 aliphatic heterocycles. The number of halogens is 2. The smallest absolute Gasteiger partial charge is 0.222 e. The fraction of sp³-hybridized carbons (Fsp3) is 0.333. The molecule has 0 unspecified atom stereocenters. The van der Waals surface area contributed by atoms with E-state index in [1.165, 1.54) is 17.4 Å². The molecule has 2 aromatic rings. The van der Waals surface area contributed by atoms with Crippen LogP contribution in [0.25, 0.3) is 10.6 Å². The van der Waals surface area contributed by atoms with E-state index >= 15 is 0 Å². The van der Waals surface area contributed by atoms with Crippen molar-refractivity contribution in [2.24, 2.45) is 0 Å². The Morgan fingerprint density at radius 3 is 2.95 bits per heavy atom. The molecule has 1 amide bonds. The van der Waals surface area contributed by atoms with Gasteiger partial charge in [-0.2, -0.15) is 0 Å². The van der Waals surface area contributed by atoms with E-state index in [9.17, 15) is 9.18 Å². The van der Waals surface area contributed by atoms with Crippen LogP contribution in [0.2, 0.25) is 0 Å². The van der Waals surface area contributed by atoms with Crippen molar-refractivity contribution in [2.75, 3.05) is 6.54 Å². The van der Waals surface area contributed by atoms with Crippen molar-refractivity contribution in [3.05, 3.63) is 40.7 Å². The maximum Gasteiger partial charge on any atom is 0.222 e. The Balaban J connectivity index is 1.87. The van der Waals surface area contributed by atoms with Gasteiger partial charge in [0, 0.05) is 36.0 Å². The molecule has 1 aromatic heterocycles. The van der Waals surface area contributed by atoms with Gasteiger partial charge in [-0.05, 0) is 24.6 Å². The van der Waals surface area contributed by atoms with Crippen LogP contribution in [0.3, 0.4) is 0 Å². The zero-order valence-corrected chi connectivity index (χ0v) is 12.9. The van der Waals surface area contributed by atoms with Gasteiger partial charge in [0.25, 0.3) is 0 Å². The second-order valence-electron chi connectivity index (χ2n) is 5.00. The number of carbonyl (C=O) groups excluding carboxylic acids is 1. The van der Waals surface area contributed by atoms with E-state index in [1.807, 2.05) is 5.38 Å². The molecular formula is C15H14ClFN2OS. The highest BCUT2D eigenvalue weighted by Crippen LogP contribution is 2.27. The zero-order valence-electron chi connectivity index (χ0n) is 11.3. The molecule has 0 bridgehead atoms. The minimum atomic E-state index is -0.285. The number of nitrogens with zero attached hydrogens (tertiary/aromatic N) is 2. The lowest BCUT2D eigenvalue weighted by Crippen LogP contribution is -2.24. The third kappa shape index (κ3) is 3.09. The molecule has 1 aromatic carbocycles. The number of amides is 1. The van der Waals surface area contributed by atoms with Crippen molar-refractivity contribution in [3.63, 3.8) is 0 Å². The van der Waals surface area contributed by atoms with Crippen LogP contribution in [0.4, 0.5) is 4.39 Å². The molecule has 1 fully saturated rings. The third-order valence-corrected chi connectivity index (χ3v) is 4.73. The number of aromatic nitrogens is 1. The normalized spacial score (nSPS) is 15.0. The summed E-state index contributed by atoms with van der Waals surface area (Å²) in [6, 6.07) is 4.92. The van der Waals surface area contributed by atoms with Crippen molar-refractivity contribution >= 4 is 28.8 Å². The molecule has 3 rings (SSSR count). The minimum absolute atomic E-state index is 0.0958. The van der Waals surface area contributed by atoms with Gasteiger partial charge in [0.2, 0.25) is 5.91 Å². The maximum atomic E-state index is 14.0. The van der Waals surface area contributed by atoms with E-state index < -0.39 is 0 Å². The number of thiazole rings is 1. The van der Waals surface area contributed by atoms with Gasteiger partial charge in [0.15, 0.2) is 0 Å². The van der Waals surface area contributed by atoms with E-state index in [4.69, 9.17) is 11.6 Å². The van der Waals surface area contributed by atoms with Gasteiger partial charge >= 0.3 is 0 Å². The standard InChI is InChI=1S/C15H14ClFN2OS/c16-7-12-9-21-15(18-12)10-3-4-13(17)11(6-10)8-19-5-1-2-14(19)20/h3-4,6,9H,1-2,5,7-8H2. The fourth-order valence-electron chi connectivity index (χ4n) is 2.41. The van der Waals surface area contributed by atoms with Crippen LogP contribution in [0.1, 0.15) is 24.1 Å². The van der Waals surface area contributed by atoms with Gasteiger partial charge in [-0.15, -0.1) is 22.9 Å². The summed E-state index contributed by atoms with van der Waals surface area (Å²) >= 11 is 7.24. The Bertz CT molecular complexity index is 673. The van der Waals surface area contributed by atoms with Crippen molar-refractivity contribution in [1.82, 2.24) is 9.88 Å². The predicted molar refractivity (Wildman–Crippen MR) is 81.7 cm³/mol. The Kier molecular flexibility index (Phi) is 4.22. The minimum Gasteiger partial charge on any atom is -0.338 e. The van der Waals surface area contributed by atoms with E-state index in [0.717, 1.165) is 22.7 Å². The first-order valence-electron chi connectivity index (χ1n) is 6.74. The first-order chi connectivity index (χ1) is 10.2. The SMILES string of the molecule is O=C1CCCN1Cc1cc(-c2nc(CCl)cs2)ccc1F. The van der Waals surface area contributed by atoms with Gasteiger partial charge < -0.3 is 4.90 Å². The summed E-state index contributed by atoms with van der Waals surface area (Å²) in [7, 11) is 0. The zero-order chi connectivity index (χ0) is 14.8. The third-order valence-electron chi connectivity index (χ3n) is 3.51. The van der Waals surface area contributed by atoms with Crippen LogP contribution in [0.15, 0.2) is 23.6 Å². The molecule has 2 heterocycles. The Hall–Kier alpha value is -1.46. The second kappa shape index (κ2) is 6.12. The van der Waals surface area contributed by atoms with E-state index in [-0.39, 0.29) is 11.7 Å². The number of hydrogen-bond donors (Lipinski definition) is 0. The van der Waals surface area contributed by atoms with Crippen LogP contribution in [0, 0.1) is 5.82 Å². The van der Waals surface area contributed by atoms with E-state index in [0.29, 0.717) is 31.0 Å². The highest BCUT2D eigenvalue weighted by atomic mass is 35.5. The average Bonchev–Trinajstić information content (AvgIpc) is 3.11. The van der Waals surface area contributed by atoms with Crippen LogP contribution in [-0.2, 0) is 17.2 Å². The quantitative estimate of drug-likeness (QED) is 0.801. The van der Waals surface area contributed by atoms with Crippen LogP contribution in [0.5, 0.6) is 0 Å². The molecule has 6 heteroatoms. The summed E-state index contributed by atoms with van der Waals surface area (Å²) in [5.74, 6) is 0.179. The first-order valence-corrected chi connectivity index (χ1v) is 8.16. The average molecular weight is 325 g/mol. The number of carbonyl (C=O) groups is 1. The molecule has 3 nitrogen and oxygen atoms in total. The summed E-state index contributed by atoms with van der Waals surface area (Å²) in [6.07, 6.45) is 1.42. The highest BCUT2D eigenvalue weighted by molar-refractivity contribution is 7.13. The van der Waals surface area contributed by atoms with Crippen molar-refractivity contribution in [2.45, 2.75) is 25.3 Å². The molecule has 0 spiro atoms. The van der Waals surface area contributed by atoms with Gasteiger partial charge in [0.1, 0.15) is 10.8 Å². The van der Waals surface area contributed by atoms with E-state index in [1.54, 1.807) is 17.0 Å². The highest BCUT2D eigenvalue weighted by Gasteiger charge is 2.21. The number of benzene rings is 1. The summed E-state index contributed by atoms with van der Waals surface area (Å²) in [6.45, 7) is 1.03. The molecule has 0 aliphatic carbocycles. The fourth-order valence-corrected chi connectivity index (χ4v) is 3.45. The summed E-state index contributed by atoms with van der Waals surface area (Å²) in [5, 5.41) is 2.72. The Morgan fingerprint density at radius 1 is 1.43 bits per heavy atom. The molecule has 0 N–H and O–H groups in total. The molecule has 0 atom stereocenters. The summed E-state index contributed by atoms with van der Waals surface area (Å²) in [5.41, 5.74) is 2.21. The van der Waals surface area contributed by atoms with Gasteiger partial charge in [-0.3, -0.25) is 4.79 Å². The molecule has 0 saturated carbocycles. The second-order valence-corrected chi connectivity index (χ2v) is 6.13. The van der Waals surface area contributed by atoms with Gasteiger partial charge in [0.05, 0.1) is 11.6 Å². The van der Waals surface area contributed by atoms with Crippen LogP contribution >= 0.6 is 22.9 Å². The predicted octanol–water partition coefficient (Wildman–Crippen LogP) is 3.81. The van der Waals surface area contributed by atoms with Crippen LogP contribution < -0.4 is 0 Å². The number of hydrogen-bond acceptors (Lipinski definition) is 3. The van der Waals surface area contributed by atoms with Crippen molar-refractivity contribution < 1.29 is 9.18 Å². The monoisotopic (exact) mass is 324 g/mol. The molecule has 1 aliphatic rings. The summed E-state index contributed by atoms with van der Waals surface area (Å²) in [4.78, 5) is 17.8. The number of likely N-dealkylation sites (tertiary alicyclic amines) is 1. The topological polar surface area (TPSA) is 33.2 Å². The maximum absolute atomic E-state index is 14.0. The number of rotatable bonds is 4. The lowest BCUT2D eigenvalue weighted by molar-refractivity contribution is -0.128. The first kappa shape index (κ1) is 14.5. The molecule has 1 saturated heterocycles. The lowest BCUT2D eigenvalue weighted by atomic mass is 10.1. The summed E-state index contributed by atoms with van der Waals surface area (Å²) < 4.78 is 14.0. The Morgan fingerprint density at radius 2 is 2.29 bits per heavy atom. The lowest BCUT2D eigenvalue weighted by Gasteiger charge is -2.16. The largest absolute Gasteiger partial charge is 0.338 e. The number of alkyl halides is 1. The van der Waals surface area contributed by atoms with Crippen molar-refractivity contribution in [3.8, 4) is 10.6 Å². The molecule has 21 heavy (non-hydrogen) atoms. The van der Waals surface area contributed by atoms with Crippen LogP contribution in [-0.4, -0.2) is 22.3 Å². The van der Waals surface area contributed by atoms with Gasteiger partial charge in [-0.1, -0.05) is 0 Å². The molecule has 0 radical (unpaired) electrons.